The molecule has 7 nitrogen and oxygen atoms in total. The number of nitrogens with zero attached hydrogens (tertiary/aromatic N) is 4. The van der Waals surface area contributed by atoms with Gasteiger partial charge in [-0.25, -0.2) is 4.98 Å². The highest BCUT2D eigenvalue weighted by Gasteiger charge is 2.23. The standard InChI is InChI=1S/C17H19N5O2S/c1-12-14(2-3-18-12)16(24)21-6-4-20(5-7-21)11-13-10-15(23)22-8-9-25-17(22)19-13/h2-3,8-10,18H,4-7,11H2,1H3. The van der Waals surface area contributed by atoms with Crippen LogP contribution in [0.3, 0.4) is 0 Å². The van der Waals surface area contributed by atoms with E-state index in [1.165, 1.54) is 11.3 Å². The molecule has 0 radical (unpaired) electrons. The summed E-state index contributed by atoms with van der Waals surface area (Å²) in [6.07, 6.45) is 3.54. The number of hydrogen-bond donors (Lipinski definition) is 1. The topological polar surface area (TPSA) is 73.7 Å². The summed E-state index contributed by atoms with van der Waals surface area (Å²) in [5.74, 6) is 0.0785. The summed E-state index contributed by atoms with van der Waals surface area (Å²) in [7, 11) is 0. The number of carbonyl (C=O) groups is 1. The molecule has 0 unspecified atom stereocenters. The fourth-order valence-electron chi connectivity index (χ4n) is 3.16. The number of fused-ring (bicyclic) bond motifs is 1. The fraction of sp³-hybridized carbons (Fsp3) is 0.353. The van der Waals surface area contributed by atoms with Crippen LogP contribution in [-0.2, 0) is 6.54 Å². The first-order chi connectivity index (χ1) is 12.1. The van der Waals surface area contributed by atoms with Crippen LogP contribution >= 0.6 is 11.3 Å². The monoisotopic (exact) mass is 357 g/mol. The number of rotatable bonds is 3. The third-order valence-corrected chi connectivity index (χ3v) is 5.34. The van der Waals surface area contributed by atoms with Gasteiger partial charge in [-0.3, -0.25) is 18.9 Å². The van der Waals surface area contributed by atoms with E-state index in [0.29, 0.717) is 19.6 Å². The van der Waals surface area contributed by atoms with Gasteiger partial charge >= 0.3 is 0 Å². The van der Waals surface area contributed by atoms with Crippen LogP contribution in [0.25, 0.3) is 4.96 Å². The molecule has 1 saturated heterocycles. The second-order valence-electron chi connectivity index (χ2n) is 6.23. The Balaban J connectivity index is 1.41. The number of thiazole rings is 1. The Morgan fingerprint density at radius 2 is 2.12 bits per heavy atom. The van der Waals surface area contributed by atoms with Gasteiger partial charge < -0.3 is 9.88 Å². The van der Waals surface area contributed by atoms with Gasteiger partial charge in [0.05, 0.1) is 11.3 Å². The Hall–Kier alpha value is -2.45. The summed E-state index contributed by atoms with van der Waals surface area (Å²) in [6, 6.07) is 3.43. The minimum atomic E-state index is -0.0435. The Labute approximate surface area is 148 Å². The molecule has 4 heterocycles. The molecule has 0 saturated carbocycles. The van der Waals surface area contributed by atoms with Crippen molar-refractivity contribution in [3.63, 3.8) is 0 Å². The van der Waals surface area contributed by atoms with Crippen molar-refractivity contribution < 1.29 is 4.79 Å². The molecule has 0 aliphatic carbocycles. The van der Waals surface area contributed by atoms with E-state index in [2.05, 4.69) is 14.9 Å². The SMILES string of the molecule is Cc1[nH]ccc1C(=O)N1CCN(Cc2cc(=O)n3ccsc3n2)CC1. The maximum Gasteiger partial charge on any atom is 0.258 e. The summed E-state index contributed by atoms with van der Waals surface area (Å²) >= 11 is 1.46. The van der Waals surface area contributed by atoms with Crippen LogP contribution in [0, 0.1) is 6.92 Å². The van der Waals surface area contributed by atoms with Gasteiger partial charge in [-0.1, -0.05) is 0 Å². The quantitative estimate of drug-likeness (QED) is 0.768. The van der Waals surface area contributed by atoms with Crippen molar-refractivity contribution in [1.82, 2.24) is 24.2 Å². The highest BCUT2D eigenvalue weighted by atomic mass is 32.1. The van der Waals surface area contributed by atoms with E-state index in [1.54, 1.807) is 22.9 Å². The average Bonchev–Trinajstić information content (AvgIpc) is 3.24. The van der Waals surface area contributed by atoms with Crippen LogP contribution in [0.4, 0.5) is 0 Å². The minimum Gasteiger partial charge on any atom is -0.365 e. The molecule has 8 heteroatoms. The highest BCUT2D eigenvalue weighted by molar-refractivity contribution is 7.15. The fourth-order valence-corrected chi connectivity index (χ4v) is 3.90. The lowest BCUT2D eigenvalue weighted by molar-refractivity contribution is 0.0626. The second kappa shape index (κ2) is 6.45. The van der Waals surface area contributed by atoms with E-state index < -0.39 is 0 Å². The summed E-state index contributed by atoms with van der Waals surface area (Å²) in [4.78, 5) is 37.0. The van der Waals surface area contributed by atoms with Gasteiger partial charge in [0.25, 0.3) is 11.5 Å². The predicted molar refractivity (Wildman–Crippen MR) is 96.0 cm³/mol. The van der Waals surface area contributed by atoms with Crippen LogP contribution in [-0.4, -0.2) is 56.3 Å². The molecular weight excluding hydrogens is 338 g/mol. The van der Waals surface area contributed by atoms with Gasteiger partial charge in [-0.15, -0.1) is 11.3 Å². The predicted octanol–water partition coefficient (Wildman–Crippen LogP) is 1.35. The smallest absolute Gasteiger partial charge is 0.258 e. The molecule has 4 rings (SSSR count). The Bertz CT molecular complexity index is 965. The number of piperazine rings is 1. The van der Waals surface area contributed by atoms with Crippen molar-refractivity contribution >= 4 is 22.2 Å². The van der Waals surface area contributed by atoms with Crippen LogP contribution in [0.5, 0.6) is 0 Å². The Morgan fingerprint density at radius 1 is 1.32 bits per heavy atom. The maximum absolute atomic E-state index is 12.5. The summed E-state index contributed by atoms with van der Waals surface area (Å²) < 4.78 is 1.56. The van der Waals surface area contributed by atoms with E-state index >= 15 is 0 Å². The lowest BCUT2D eigenvalue weighted by atomic mass is 10.2. The molecule has 3 aromatic heterocycles. The Kier molecular flexibility index (Phi) is 4.14. The number of nitrogens with one attached hydrogen (secondary N) is 1. The molecular formula is C17H19N5O2S. The van der Waals surface area contributed by atoms with Crippen molar-refractivity contribution in [3.8, 4) is 0 Å². The van der Waals surface area contributed by atoms with Crippen molar-refractivity contribution in [2.75, 3.05) is 26.2 Å². The van der Waals surface area contributed by atoms with Crippen molar-refractivity contribution in [3.05, 3.63) is 57.2 Å². The van der Waals surface area contributed by atoms with Gasteiger partial charge in [-0.05, 0) is 13.0 Å². The van der Waals surface area contributed by atoms with Gasteiger partial charge in [0, 0.05) is 62.3 Å². The molecule has 130 valence electrons. The molecule has 1 amide bonds. The molecule has 0 atom stereocenters. The zero-order chi connectivity index (χ0) is 17.4. The number of aromatic nitrogens is 3. The maximum atomic E-state index is 12.5. The third kappa shape index (κ3) is 3.10. The molecule has 0 aromatic carbocycles. The van der Waals surface area contributed by atoms with Gasteiger partial charge in [0.2, 0.25) is 0 Å². The molecule has 0 spiro atoms. The Morgan fingerprint density at radius 3 is 2.84 bits per heavy atom. The summed E-state index contributed by atoms with van der Waals surface area (Å²) in [5, 5.41) is 1.86. The van der Waals surface area contributed by atoms with Crippen molar-refractivity contribution in [2.45, 2.75) is 13.5 Å². The lowest BCUT2D eigenvalue weighted by Gasteiger charge is -2.34. The van der Waals surface area contributed by atoms with Crippen LogP contribution in [0.2, 0.25) is 0 Å². The molecule has 1 aliphatic rings. The van der Waals surface area contributed by atoms with E-state index in [1.807, 2.05) is 23.3 Å². The average molecular weight is 357 g/mol. The third-order valence-electron chi connectivity index (χ3n) is 4.59. The number of hydrogen-bond acceptors (Lipinski definition) is 5. The zero-order valence-electron chi connectivity index (χ0n) is 13.9. The summed E-state index contributed by atoms with van der Waals surface area (Å²) in [5.41, 5.74) is 2.39. The largest absolute Gasteiger partial charge is 0.365 e. The normalized spacial score (nSPS) is 15.8. The zero-order valence-corrected chi connectivity index (χ0v) is 14.8. The molecule has 1 aliphatic heterocycles. The van der Waals surface area contributed by atoms with E-state index in [9.17, 15) is 9.59 Å². The van der Waals surface area contributed by atoms with Crippen molar-refractivity contribution in [1.29, 1.82) is 0 Å². The molecule has 0 bridgehead atoms. The highest BCUT2D eigenvalue weighted by Crippen LogP contribution is 2.13. The number of aromatic amines is 1. The van der Waals surface area contributed by atoms with Crippen LogP contribution in [0.15, 0.2) is 34.7 Å². The molecule has 1 N–H and O–H groups in total. The van der Waals surface area contributed by atoms with Gasteiger partial charge in [0.1, 0.15) is 0 Å². The van der Waals surface area contributed by atoms with Crippen LogP contribution in [0.1, 0.15) is 21.7 Å². The first kappa shape index (κ1) is 16.0. The number of H-pyrrole nitrogens is 1. The minimum absolute atomic E-state index is 0.0435. The van der Waals surface area contributed by atoms with Gasteiger partial charge in [0.15, 0.2) is 4.96 Å². The number of carbonyl (C=O) groups excluding carboxylic acids is 1. The first-order valence-corrected chi connectivity index (χ1v) is 9.11. The number of aryl methyl sites for hydroxylation is 1. The van der Waals surface area contributed by atoms with Crippen molar-refractivity contribution in [2.24, 2.45) is 0 Å². The second-order valence-corrected chi connectivity index (χ2v) is 7.10. The van der Waals surface area contributed by atoms with E-state index in [4.69, 9.17) is 0 Å². The number of amides is 1. The van der Waals surface area contributed by atoms with E-state index in [0.717, 1.165) is 35.0 Å². The first-order valence-electron chi connectivity index (χ1n) is 8.23. The molecule has 1 fully saturated rings. The van der Waals surface area contributed by atoms with Gasteiger partial charge in [-0.2, -0.15) is 0 Å². The summed E-state index contributed by atoms with van der Waals surface area (Å²) in [6.45, 7) is 5.47. The molecule has 3 aromatic rings. The van der Waals surface area contributed by atoms with Crippen LogP contribution < -0.4 is 5.56 Å². The lowest BCUT2D eigenvalue weighted by Crippen LogP contribution is -2.48. The molecule has 25 heavy (non-hydrogen) atoms. The van der Waals surface area contributed by atoms with E-state index in [-0.39, 0.29) is 11.5 Å².